The summed E-state index contributed by atoms with van der Waals surface area (Å²) in [5.41, 5.74) is -0.355. The summed E-state index contributed by atoms with van der Waals surface area (Å²) in [5, 5.41) is 0. The molecule has 1 aromatic carbocycles. The zero-order valence-corrected chi connectivity index (χ0v) is 11.8. The first kappa shape index (κ1) is 14.6. The fraction of sp³-hybridized carbons (Fsp3) is 0.500. The Morgan fingerprint density at radius 3 is 2.62 bits per heavy atom. The number of fused-ring (bicyclic) bond motifs is 2. The van der Waals surface area contributed by atoms with Gasteiger partial charge in [-0.2, -0.15) is 13.2 Å². The second kappa shape index (κ2) is 5.13. The molecule has 1 aromatic rings. The van der Waals surface area contributed by atoms with Gasteiger partial charge in [0.2, 0.25) is 0 Å². The molecule has 2 heterocycles. The molecule has 1 fully saturated rings. The van der Waals surface area contributed by atoms with Gasteiger partial charge in [0, 0.05) is 17.6 Å². The topological polar surface area (TPSA) is 3.24 Å². The van der Waals surface area contributed by atoms with Crippen molar-refractivity contribution in [3.8, 4) is 0 Å². The predicted molar refractivity (Wildman–Crippen MR) is 73.2 cm³/mol. The van der Waals surface area contributed by atoms with Crippen LogP contribution in [0, 0.1) is 5.82 Å². The summed E-state index contributed by atoms with van der Waals surface area (Å²) < 4.78 is 52.7. The van der Waals surface area contributed by atoms with Gasteiger partial charge in [0.25, 0.3) is 0 Å². The van der Waals surface area contributed by atoms with Gasteiger partial charge in [0.05, 0.1) is 5.56 Å². The molecule has 0 N–H and O–H groups in total. The van der Waals surface area contributed by atoms with Crippen LogP contribution in [0.15, 0.2) is 24.3 Å². The summed E-state index contributed by atoms with van der Waals surface area (Å²) in [6, 6.07) is 4.06. The molecular formula is C16H17F4N. The molecule has 0 spiro atoms. The SMILES string of the molecule is CN1C2C=C(c3cccc(C(F)(F)F)c3F)CC1CCC2. The van der Waals surface area contributed by atoms with E-state index in [2.05, 4.69) is 4.90 Å². The number of nitrogens with zero attached hydrogens (tertiary/aromatic N) is 1. The number of hydrogen-bond acceptors (Lipinski definition) is 1. The molecule has 114 valence electrons. The zero-order chi connectivity index (χ0) is 15.2. The van der Waals surface area contributed by atoms with Gasteiger partial charge in [-0.25, -0.2) is 4.39 Å². The first-order chi connectivity index (χ1) is 9.88. The fourth-order valence-electron chi connectivity index (χ4n) is 3.44. The van der Waals surface area contributed by atoms with E-state index in [4.69, 9.17) is 0 Å². The molecule has 21 heavy (non-hydrogen) atoms. The van der Waals surface area contributed by atoms with Crippen molar-refractivity contribution in [1.29, 1.82) is 0 Å². The number of rotatable bonds is 1. The van der Waals surface area contributed by atoms with Crippen LogP contribution in [0.3, 0.4) is 0 Å². The molecule has 0 saturated carbocycles. The number of hydrogen-bond donors (Lipinski definition) is 0. The number of alkyl halides is 3. The summed E-state index contributed by atoms with van der Waals surface area (Å²) in [6.07, 6.45) is 1.03. The molecule has 1 nitrogen and oxygen atoms in total. The van der Waals surface area contributed by atoms with Crippen LogP contribution in [0.25, 0.3) is 5.57 Å². The van der Waals surface area contributed by atoms with Gasteiger partial charge in [-0.1, -0.05) is 24.6 Å². The van der Waals surface area contributed by atoms with Crippen LogP contribution in [0.2, 0.25) is 0 Å². The van der Waals surface area contributed by atoms with Gasteiger partial charge in [-0.3, -0.25) is 4.90 Å². The number of benzene rings is 1. The minimum Gasteiger partial charge on any atom is -0.297 e. The highest BCUT2D eigenvalue weighted by atomic mass is 19.4. The molecule has 2 aliphatic heterocycles. The van der Waals surface area contributed by atoms with Crippen molar-refractivity contribution in [1.82, 2.24) is 4.90 Å². The Bertz CT molecular complexity index is 576. The number of piperidine rings is 1. The first-order valence-corrected chi connectivity index (χ1v) is 7.16. The summed E-state index contributed by atoms with van der Waals surface area (Å²) in [6.45, 7) is 0. The highest BCUT2D eigenvalue weighted by Crippen LogP contribution is 2.39. The molecule has 3 rings (SSSR count). The van der Waals surface area contributed by atoms with Crippen LogP contribution < -0.4 is 0 Å². The molecule has 0 radical (unpaired) electrons. The Labute approximate surface area is 121 Å². The van der Waals surface area contributed by atoms with Crippen molar-refractivity contribution in [2.75, 3.05) is 7.05 Å². The molecule has 2 bridgehead atoms. The molecule has 2 aliphatic rings. The van der Waals surface area contributed by atoms with Crippen LogP contribution >= 0.6 is 0 Å². The second-order valence-electron chi connectivity index (χ2n) is 5.88. The monoisotopic (exact) mass is 299 g/mol. The maximum Gasteiger partial charge on any atom is 0.419 e. The van der Waals surface area contributed by atoms with Crippen LogP contribution in [0.1, 0.15) is 36.8 Å². The second-order valence-corrected chi connectivity index (χ2v) is 5.88. The third-order valence-corrected chi connectivity index (χ3v) is 4.64. The highest BCUT2D eigenvalue weighted by molar-refractivity contribution is 5.69. The van der Waals surface area contributed by atoms with E-state index >= 15 is 0 Å². The lowest BCUT2D eigenvalue weighted by Gasteiger charge is -2.43. The Balaban J connectivity index is 2.02. The summed E-state index contributed by atoms with van der Waals surface area (Å²) in [4.78, 5) is 2.25. The molecule has 0 aromatic heterocycles. The third kappa shape index (κ3) is 2.59. The summed E-state index contributed by atoms with van der Waals surface area (Å²) in [7, 11) is 2.03. The Hall–Kier alpha value is -1.36. The first-order valence-electron chi connectivity index (χ1n) is 7.16. The van der Waals surface area contributed by atoms with Crippen molar-refractivity contribution in [2.24, 2.45) is 0 Å². The maximum absolute atomic E-state index is 14.3. The smallest absolute Gasteiger partial charge is 0.297 e. The van der Waals surface area contributed by atoms with Crippen LogP contribution in [-0.4, -0.2) is 24.0 Å². The van der Waals surface area contributed by atoms with E-state index in [1.54, 1.807) is 0 Å². The maximum atomic E-state index is 14.3. The van der Waals surface area contributed by atoms with Crippen molar-refractivity contribution in [3.63, 3.8) is 0 Å². The Morgan fingerprint density at radius 1 is 1.19 bits per heavy atom. The molecular weight excluding hydrogens is 282 g/mol. The minimum absolute atomic E-state index is 0.106. The Kier molecular flexibility index (Phi) is 3.56. The third-order valence-electron chi connectivity index (χ3n) is 4.64. The van der Waals surface area contributed by atoms with Gasteiger partial charge < -0.3 is 0 Å². The van der Waals surface area contributed by atoms with Gasteiger partial charge in [-0.15, -0.1) is 0 Å². The van der Waals surface area contributed by atoms with Gasteiger partial charge in [-0.05, 0) is 37.9 Å². The van der Waals surface area contributed by atoms with Gasteiger partial charge in [0.15, 0.2) is 0 Å². The molecule has 0 amide bonds. The molecule has 5 heteroatoms. The van der Waals surface area contributed by atoms with Gasteiger partial charge in [0.1, 0.15) is 5.82 Å². The van der Waals surface area contributed by atoms with E-state index in [1.165, 1.54) is 12.1 Å². The van der Waals surface area contributed by atoms with Crippen molar-refractivity contribution < 1.29 is 17.6 Å². The van der Waals surface area contributed by atoms with E-state index in [9.17, 15) is 17.6 Å². The standard InChI is InChI=1S/C16H17F4N/c1-21-11-4-2-5-12(21)9-10(8-11)13-6-3-7-14(15(13)17)16(18,19)20/h3,6-8,11-12H,2,4-5,9H2,1H3. The average molecular weight is 299 g/mol. The summed E-state index contributed by atoms with van der Waals surface area (Å²) in [5.74, 6) is -1.14. The van der Waals surface area contributed by atoms with Crippen molar-refractivity contribution in [2.45, 2.75) is 43.9 Å². The van der Waals surface area contributed by atoms with E-state index in [0.29, 0.717) is 18.0 Å². The summed E-state index contributed by atoms with van der Waals surface area (Å²) >= 11 is 0. The van der Waals surface area contributed by atoms with E-state index in [1.807, 2.05) is 13.1 Å². The number of likely N-dealkylation sites (N-methyl/N-ethyl adjacent to an activating group) is 1. The van der Waals surface area contributed by atoms with Crippen LogP contribution in [0.5, 0.6) is 0 Å². The highest BCUT2D eigenvalue weighted by Gasteiger charge is 2.37. The van der Waals surface area contributed by atoms with Gasteiger partial charge >= 0.3 is 6.18 Å². The molecule has 2 atom stereocenters. The molecule has 1 saturated heterocycles. The van der Waals surface area contributed by atoms with E-state index < -0.39 is 17.6 Å². The molecule has 2 unspecified atom stereocenters. The number of halogens is 4. The Morgan fingerprint density at radius 2 is 1.95 bits per heavy atom. The lowest BCUT2D eigenvalue weighted by atomic mass is 9.83. The van der Waals surface area contributed by atoms with E-state index in [-0.39, 0.29) is 11.6 Å². The lowest BCUT2D eigenvalue weighted by Crippen LogP contribution is -2.45. The lowest BCUT2D eigenvalue weighted by molar-refractivity contribution is -0.140. The quantitative estimate of drug-likeness (QED) is 0.691. The predicted octanol–water partition coefficient (Wildman–Crippen LogP) is 4.48. The van der Waals surface area contributed by atoms with Crippen LogP contribution in [-0.2, 0) is 6.18 Å². The van der Waals surface area contributed by atoms with Crippen LogP contribution in [0.4, 0.5) is 17.6 Å². The van der Waals surface area contributed by atoms with E-state index in [0.717, 1.165) is 25.3 Å². The largest absolute Gasteiger partial charge is 0.419 e. The van der Waals surface area contributed by atoms with Crippen molar-refractivity contribution >= 4 is 5.57 Å². The molecule has 0 aliphatic carbocycles. The average Bonchev–Trinajstić information content (AvgIpc) is 2.37. The van der Waals surface area contributed by atoms with Crippen molar-refractivity contribution in [3.05, 3.63) is 41.2 Å². The zero-order valence-electron chi connectivity index (χ0n) is 11.8. The normalized spacial score (nSPS) is 26.6. The fourth-order valence-corrected chi connectivity index (χ4v) is 3.44. The minimum atomic E-state index is -4.65.